The van der Waals surface area contributed by atoms with Crippen LogP contribution in [0.2, 0.25) is 0 Å². The van der Waals surface area contributed by atoms with E-state index in [0.717, 1.165) is 12.5 Å². The fourth-order valence-corrected chi connectivity index (χ4v) is 3.05. The normalized spacial score (nSPS) is 15.7. The molecule has 2 N–H and O–H groups in total. The number of hydrogen-bond acceptors (Lipinski definition) is 2. The third-order valence-corrected chi connectivity index (χ3v) is 4.40. The summed E-state index contributed by atoms with van der Waals surface area (Å²) >= 11 is 0. The van der Waals surface area contributed by atoms with Crippen LogP contribution in [0.25, 0.3) is 0 Å². The minimum absolute atomic E-state index is 0.241. The Morgan fingerprint density at radius 1 is 1.05 bits per heavy atom. The Labute approximate surface area is 127 Å². The first-order valence-corrected chi connectivity index (χ1v) is 7.95. The Morgan fingerprint density at radius 3 is 2.24 bits per heavy atom. The molecule has 0 aliphatic heterocycles. The van der Waals surface area contributed by atoms with Crippen LogP contribution in [-0.2, 0) is 0 Å². The minimum Gasteiger partial charge on any atom is -0.363 e. The maximum Gasteiger partial charge on any atom is 0.0664 e. The molecule has 0 spiro atoms. The second-order valence-corrected chi connectivity index (χ2v) is 5.81. The number of anilines is 1. The van der Waals surface area contributed by atoms with Crippen LogP contribution in [0.15, 0.2) is 54.6 Å². The lowest BCUT2D eigenvalue weighted by Gasteiger charge is -2.32. The van der Waals surface area contributed by atoms with Gasteiger partial charge in [0.1, 0.15) is 0 Å². The molecule has 1 fully saturated rings. The molecule has 2 nitrogen and oxygen atoms in total. The highest BCUT2D eigenvalue weighted by molar-refractivity contribution is 5.49. The van der Waals surface area contributed by atoms with Crippen LogP contribution in [0.1, 0.15) is 42.9 Å². The summed E-state index contributed by atoms with van der Waals surface area (Å²) in [5.74, 6) is 0.812. The summed E-state index contributed by atoms with van der Waals surface area (Å²) in [6.07, 6.45) is 2.70. The number of para-hydroxylation sites is 1. The summed E-state index contributed by atoms with van der Waals surface area (Å²) in [5.41, 5.74) is 10.1. The number of likely N-dealkylation sites (N-methyl/N-ethyl adjacent to an activating group) is 1. The van der Waals surface area contributed by atoms with Crippen molar-refractivity contribution < 1.29 is 0 Å². The Kier molecular flexibility index (Phi) is 4.26. The van der Waals surface area contributed by atoms with Gasteiger partial charge in [-0.05, 0) is 48.9 Å². The molecule has 0 bridgehead atoms. The standard InChI is InChI=1S/C19H24N2/c1-2-21(18-6-4-3-5-7-18)19(14-20)17-12-10-16(11-13-17)15-8-9-15/h3-7,10-13,15,19H,2,8-9,14,20H2,1H3. The van der Waals surface area contributed by atoms with Crippen LogP contribution in [0.5, 0.6) is 0 Å². The first-order chi connectivity index (χ1) is 10.3. The van der Waals surface area contributed by atoms with Crippen LogP contribution in [0, 0.1) is 0 Å². The second kappa shape index (κ2) is 6.31. The van der Waals surface area contributed by atoms with Gasteiger partial charge in [0.15, 0.2) is 0 Å². The molecule has 110 valence electrons. The Balaban J connectivity index is 1.85. The first kappa shape index (κ1) is 14.2. The van der Waals surface area contributed by atoms with Crippen LogP contribution in [-0.4, -0.2) is 13.1 Å². The lowest BCUT2D eigenvalue weighted by molar-refractivity contribution is 0.643. The van der Waals surface area contributed by atoms with Gasteiger partial charge >= 0.3 is 0 Å². The minimum atomic E-state index is 0.241. The van der Waals surface area contributed by atoms with E-state index in [1.54, 1.807) is 0 Å². The van der Waals surface area contributed by atoms with Crippen molar-refractivity contribution in [1.29, 1.82) is 0 Å². The van der Waals surface area contributed by atoms with Gasteiger partial charge in [0, 0.05) is 18.8 Å². The molecule has 1 saturated carbocycles. The highest BCUT2D eigenvalue weighted by atomic mass is 15.2. The second-order valence-electron chi connectivity index (χ2n) is 5.81. The van der Waals surface area contributed by atoms with Gasteiger partial charge in [-0.25, -0.2) is 0 Å². The lowest BCUT2D eigenvalue weighted by atomic mass is 10.0. The molecule has 1 atom stereocenters. The van der Waals surface area contributed by atoms with E-state index >= 15 is 0 Å². The number of nitrogens with zero attached hydrogens (tertiary/aromatic N) is 1. The molecule has 0 saturated heterocycles. The molecule has 1 unspecified atom stereocenters. The number of rotatable bonds is 6. The number of hydrogen-bond donors (Lipinski definition) is 1. The van der Waals surface area contributed by atoms with Crippen molar-refractivity contribution in [3.63, 3.8) is 0 Å². The largest absolute Gasteiger partial charge is 0.363 e. The molecule has 0 heterocycles. The third kappa shape index (κ3) is 3.11. The van der Waals surface area contributed by atoms with Crippen molar-refractivity contribution >= 4 is 5.69 Å². The fraction of sp³-hybridized carbons (Fsp3) is 0.368. The SMILES string of the molecule is CCN(c1ccccc1)C(CN)c1ccc(C2CC2)cc1. The van der Waals surface area contributed by atoms with Crippen molar-refractivity contribution in [2.75, 3.05) is 18.0 Å². The van der Waals surface area contributed by atoms with Gasteiger partial charge in [0.25, 0.3) is 0 Å². The molecule has 2 heteroatoms. The molecular formula is C19H24N2. The molecule has 2 aromatic rings. The van der Waals surface area contributed by atoms with Crippen molar-refractivity contribution in [3.05, 3.63) is 65.7 Å². The zero-order valence-corrected chi connectivity index (χ0v) is 12.7. The van der Waals surface area contributed by atoms with Crippen molar-refractivity contribution in [2.24, 2.45) is 5.73 Å². The van der Waals surface area contributed by atoms with Gasteiger partial charge in [-0.1, -0.05) is 42.5 Å². The van der Waals surface area contributed by atoms with E-state index in [2.05, 4.69) is 66.4 Å². The molecule has 1 aliphatic carbocycles. The molecule has 21 heavy (non-hydrogen) atoms. The van der Waals surface area contributed by atoms with Gasteiger partial charge in [-0.3, -0.25) is 0 Å². The topological polar surface area (TPSA) is 29.3 Å². The average Bonchev–Trinajstić information content (AvgIpc) is 3.38. The first-order valence-electron chi connectivity index (χ1n) is 7.95. The smallest absolute Gasteiger partial charge is 0.0664 e. The van der Waals surface area contributed by atoms with Gasteiger partial charge in [0.05, 0.1) is 6.04 Å². The molecule has 0 aromatic heterocycles. The summed E-state index contributed by atoms with van der Waals surface area (Å²) in [6.45, 7) is 3.77. The van der Waals surface area contributed by atoms with Gasteiger partial charge in [-0.15, -0.1) is 0 Å². The summed E-state index contributed by atoms with van der Waals surface area (Å²) < 4.78 is 0. The maximum absolute atomic E-state index is 6.09. The molecule has 1 aliphatic rings. The monoisotopic (exact) mass is 280 g/mol. The van der Waals surface area contributed by atoms with Crippen molar-refractivity contribution in [1.82, 2.24) is 0 Å². The third-order valence-electron chi connectivity index (χ3n) is 4.40. The highest BCUT2D eigenvalue weighted by Crippen LogP contribution is 2.40. The van der Waals surface area contributed by atoms with Gasteiger partial charge in [-0.2, -0.15) is 0 Å². The van der Waals surface area contributed by atoms with Crippen LogP contribution in [0.3, 0.4) is 0 Å². The zero-order chi connectivity index (χ0) is 14.7. The van der Waals surface area contributed by atoms with E-state index in [9.17, 15) is 0 Å². The van der Waals surface area contributed by atoms with E-state index < -0.39 is 0 Å². The quantitative estimate of drug-likeness (QED) is 0.863. The Hall–Kier alpha value is -1.80. The predicted molar refractivity (Wildman–Crippen MR) is 89.7 cm³/mol. The lowest BCUT2D eigenvalue weighted by Crippen LogP contribution is -2.33. The van der Waals surface area contributed by atoms with Crippen molar-refractivity contribution in [2.45, 2.75) is 31.7 Å². The fourth-order valence-electron chi connectivity index (χ4n) is 3.05. The Bertz CT molecular complexity index is 558. The Morgan fingerprint density at radius 2 is 1.71 bits per heavy atom. The molecule has 0 radical (unpaired) electrons. The van der Waals surface area contributed by atoms with E-state index in [4.69, 9.17) is 5.73 Å². The van der Waals surface area contributed by atoms with E-state index in [1.807, 2.05) is 0 Å². The number of benzene rings is 2. The zero-order valence-electron chi connectivity index (χ0n) is 12.7. The average molecular weight is 280 g/mol. The molecule has 2 aromatic carbocycles. The number of nitrogens with two attached hydrogens (primary N) is 1. The van der Waals surface area contributed by atoms with Gasteiger partial charge in [0.2, 0.25) is 0 Å². The van der Waals surface area contributed by atoms with E-state index in [0.29, 0.717) is 6.54 Å². The van der Waals surface area contributed by atoms with E-state index in [1.165, 1.54) is 29.7 Å². The summed E-state index contributed by atoms with van der Waals surface area (Å²) in [5, 5.41) is 0. The van der Waals surface area contributed by atoms with Crippen LogP contribution < -0.4 is 10.6 Å². The molecule has 0 amide bonds. The van der Waals surface area contributed by atoms with Crippen molar-refractivity contribution in [3.8, 4) is 0 Å². The van der Waals surface area contributed by atoms with E-state index in [-0.39, 0.29) is 6.04 Å². The summed E-state index contributed by atoms with van der Waals surface area (Å²) in [6, 6.07) is 19.9. The highest BCUT2D eigenvalue weighted by Gasteiger charge is 2.24. The summed E-state index contributed by atoms with van der Waals surface area (Å²) in [4.78, 5) is 2.38. The van der Waals surface area contributed by atoms with Crippen LogP contribution in [0.4, 0.5) is 5.69 Å². The molecular weight excluding hydrogens is 256 g/mol. The predicted octanol–water partition coefficient (Wildman–Crippen LogP) is 4.09. The van der Waals surface area contributed by atoms with Crippen LogP contribution >= 0.6 is 0 Å². The summed E-state index contributed by atoms with van der Waals surface area (Å²) in [7, 11) is 0. The molecule has 3 rings (SSSR count). The van der Waals surface area contributed by atoms with Gasteiger partial charge < -0.3 is 10.6 Å². The maximum atomic E-state index is 6.09.